The van der Waals surface area contributed by atoms with Crippen molar-refractivity contribution in [3.8, 4) is 32.3 Å². The Balaban J connectivity index is 1.44. The van der Waals surface area contributed by atoms with Crippen LogP contribution in [0.15, 0.2) is 48.8 Å². The first-order chi connectivity index (χ1) is 15.7. The number of ether oxygens (including phenoxy) is 1. The number of imidazole rings is 2. The van der Waals surface area contributed by atoms with Crippen LogP contribution in [-0.4, -0.2) is 31.6 Å². The Labute approximate surface area is 197 Å². The first kappa shape index (κ1) is 22.8. The normalized spacial score (nSPS) is 12.5. The van der Waals surface area contributed by atoms with Crippen LogP contribution in [0.5, 0.6) is 0 Å². The van der Waals surface area contributed by atoms with E-state index < -0.39 is 11.7 Å². The second-order valence-corrected chi connectivity index (χ2v) is 9.97. The highest BCUT2D eigenvalue weighted by molar-refractivity contribution is 7.18. The monoisotopic (exact) mass is 463 g/mol. The molecule has 0 saturated carbocycles. The number of hydrogen-bond acceptors (Lipinski definition) is 5. The summed E-state index contributed by atoms with van der Waals surface area (Å²) < 4.78 is 5.32. The number of aromatic nitrogens is 4. The fraction of sp³-hybridized carbons (Fsp3) is 0.320. The smallest absolute Gasteiger partial charge is 0.408 e. The summed E-state index contributed by atoms with van der Waals surface area (Å²) in [4.78, 5) is 29.8. The fourth-order valence-corrected chi connectivity index (χ4v) is 4.35. The zero-order valence-electron chi connectivity index (χ0n) is 19.5. The molecule has 4 aromatic rings. The lowest BCUT2D eigenvalue weighted by Crippen LogP contribution is -2.34. The summed E-state index contributed by atoms with van der Waals surface area (Å²) in [5, 5.41) is 2.81. The number of aryl methyl sites for hydroxylation is 1. The number of amides is 1. The number of nitrogens with zero attached hydrogens (tertiary/aromatic N) is 2. The minimum absolute atomic E-state index is 0.295. The van der Waals surface area contributed by atoms with Crippen LogP contribution in [0, 0.1) is 0 Å². The van der Waals surface area contributed by atoms with Gasteiger partial charge < -0.3 is 20.0 Å². The van der Waals surface area contributed by atoms with Gasteiger partial charge in [0.15, 0.2) is 0 Å². The third kappa shape index (κ3) is 5.51. The molecule has 4 rings (SSSR count). The summed E-state index contributed by atoms with van der Waals surface area (Å²) >= 11 is 1.69. The lowest BCUT2D eigenvalue weighted by Gasteiger charge is -2.21. The van der Waals surface area contributed by atoms with Crippen LogP contribution in [0.4, 0.5) is 4.79 Å². The number of aromatic amines is 2. The number of carbonyl (C=O) groups is 1. The van der Waals surface area contributed by atoms with Crippen LogP contribution in [0.3, 0.4) is 0 Å². The molecule has 0 aliphatic heterocycles. The van der Waals surface area contributed by atoms with Gasteiger partial charge in [-0.3, -0.25) is 0 Å². The van der Waals surface area contributed by atoms with Crippen molar-refractivity contribution >= 4 is 17.4 Å². The van der Waals surface area contributed by atoms with E-state index in [0.29, 0.717) is 5.82 Å². The molecule has 0 spiro atoms. The van der Waals surface area contributed by atoms with Crippen molar-refractivity contribution in [2.24, 2.45) is 0 Å². The maximum Gasteiger partial charge on any atom is 0.408 e. The molecule has 8 heteroatoms. The Morgan fingerprint density at radius 3 is 2.33 bits per heavy atom. The molecule has 172 valence electrons. The van der Waals surface area contributed by atoms with Gasteiger partial charge >= 0.3 is 6.09 Å². The first-order valence-electron chi connectivity index (χ1n) is 11.0. The highest BCUT2D eigenvalue weighted by Gasteiger charge is 2.20. The summed E-state index contributed by atoms with van der Waals surface area (Å²) in [6.07, 6.45) is 4.10. The number of thiophene rings is 1. The van der Waals surface area contributed by atoms with Crippen LogP contribution in [0.2, 0.25) is 0 Å². The Kier molecular flexibility index (Phi) is 6.37. The van der Waals surface area contributed by atoms with Gasteiger partial charge in [0, 0.05) is 11.3 Å². The molecule has 0 aliphatic rings. The van der Waals surface area contributed by atoms with Crippen LogP contribution in [0.25, 0.3) is 32.3 Å². The molecular formula is C25H29N5O2S. The van der Waals surface area contributed by atoms with Gasteiger partial charge in [0.25, 0.3) is 0 Å². The Hall–Kier alpha value is -3.39. The molecule has 0 bridgehead atoms. The van der Waals surface area contributed by atoms with E-state index in [2.05, 4.69) is 68.6 Å². The van der Waals surface area contributed by atoms with E-state index in [0.717, 1.165) is 39.6 Å². The van der Waals surface area contributed by atoms with E-state index in [1.165, 1.54) is 4.88 Å². The Morgan fingerprint density at radius 1 is 1.00 bits per heavy atom. The zero-order chi connectivity index (χ0) is 23.6. The molecule has 3 N–H and O–H groups in total. The second-order valence-electron chi connectivity index (χ2n) is 8.89. The van der Waals surface area contributed by atoms with Crippen molar-refractivity contribution in [1.29, 1.82) is 0 Å². The lowest BCUT2D eigenvalue weighted by atomic mass is 10.1. The largest absolute Gasteiger partial charge is 0.444 e. The van der Waals surface area contributed by atoms with E-state index in [1.54, 1.807) is 17.5 Å². The minimum atomic E-state index is -0.541. The van der Waals surface area contributed by atoms with Crippen molar-refractivity contribution in [2.45, 2.75) is 52.7 Å². The number of carbonyl (C=O) groups excluding carboxylic acids is 1. The summed E-state index contributed by atoms with van der Waals surface area (Å²) in [6, 6.07) is 12.4. The summed E-state index contributed by atoms with van der Waals surface area (Å²) in [5.74, 6) is 1.67. The third-order valence-corrected chi connectivity index (χ3v) is 6.22. The van der Waals surface area contributed by atoms with Gasteiger partial charge in [-0.05, 0) is 51.0 Å². The van der Waals surface area contributed by atoms with Crippen molar-refractivity contribution in [1.82, 2.24) is 25.3 Å². The standard InChI is InChI=1S/C25H29N5O2S/c1-6-22-26-13-18(29-22)16-7-9-17(10-8-16)20-11-12-21(33-20)19-14-27-23(30-19)15(2)28-24(31)32-25(3,4)5/h7-15H,6H2,1-5H3,(H,26,29)(H,27,30)(H,28,31). The number of H-pyrrole nitrogens is 2. The van der Waals surface area contributed by atoms with Gasteiger partial charge in [0.1, 0.15) is 17.2 Å². The van der Waals surface area contributed by atoms with Crippen LogP contribution in [0.1, 0.15) is 52.3 Å². The highest BCUT2D eigenvalue weighted by atomic mass is 32.1. The lowest BCUT2D eigenvalue weighted by molar-refractivity contribution is 0.0506. The minimum Gasteiger partial charge on any atom is -0.444 e. The number of hydrogen-bond donors (Lipinski definition) is 3. The van der Waals surface area contributed by atoms with E-state index in [1.807, 2.05) is 33.9 Å². The van der Waals surface area contributed by atoms with Gasteiger partial charge in [0.2, 0.25) is 0 Å². The molecule has 3 heterocycles. The predicted molar refractivity (Wildman–Crippen MR) is 132 cm³/mol. The van der Waals surface area contributed by atoms with Gasteiger partial charge in [-0.1, -0.05) is 31.2 Å². The van der Waals surface area contributed by atoms with Crippen molar-refractivity contribution in [3.05, 3.63) is 60.4 Å². The van der Waals surface area contributed by atoms with Gasteiger partial charge in [-0.25, -0.2) is 14.8 Å². The Bertz CT molecular complexity index is 1230. The molecule has 1 unspecified atom stereocenters. The molecule has 0 radical (unpaired) electrons. The molecule has 0 saturated heterocycles. The maximum atomic E-state index is 12.0. The summed E-state index contributed by atoms with van der Waals surface area (Å²) in [5.41, 5.74) is 3.68. The molecule has 7 nitrogen and oxygen atoms in total. The predicted octanol–water partition coefficient (Wildman–Crippen LogP) is 6.34. The molecule has 1 atom stereocenters. The molecule has 1 aromatic carbocycles. The molecule has 0 aliphatic carbocycles. The van der Waals surface area contributed by atoms with Crippen LogP contribution < -0.4 is 5.32 Å². The SMILES string of the molecule is CCc1ncc(-c2ccc(-c3ccc(-c4cnc(C(C)NC(=O)OC(C)(C)C)[nH]4)s3)cc2)[nH]1. The average Bonchev–Trinajstić information content (AvgIpc) is 3.52. The van der Waals surface area contributed by atoms with E-state index >= 15 is 0 Å². The van der Waals surface area contributed by atoms with Crippen LogP contribution >= 0.6 is 11.3 Å². The average molecular weight is 464 g/mol. The van der Waals surface area contributed by atoms with E-state index in [4.69, 9.17) is 4.74 Å². The van der Waals surface area contributed by atoms with Crippen molar-refractivity contribution < 1.29 is 9.53 Å². The van der Waals surface area contributed by atoms with Gasteiger partial charge in [-0.15, -0.1) is 11.3 Å². The van der Waals surface area contributed by atoms with E-state index in [9.17, 15) is 4.79 Å². The zero-order valence-corrected chi connectivity index (χ0v) is 20.3. The Morgan fingerprint density at radius 2 is 1.67 bits per heavy atom. The molecule has 0 fully saturated rings. The fourth-order valence-electron chi connectivity index (χ4n) is 3.38. The third-order valence-electron chi connectivity index (χ3n) is 5.05. The second kappa shape index (κ2) is 9.23. The van der Waals surface area contributed by atoms with E-state index in [-0.39, 0.29) is 6.04 Å². The maximum absolute atomic E-state index is 12.0. The molecule has 1 amide bonds. The van der Waals surface area contributed by atoms with Gasteiger partial charge in [-0.2, -0.15) is 0 Å². The number of nitrogens with one attached hydrogen (secondary N) is 3. The highest BCUT2D eigenvalue weighted by Crippen LogP contribution is 2.34. The molecule has 33 heavy (non-hydrogen) atoms. The van der Waals surface area contributed by atoms with Crippen molar-refractivity contribution in [2.75, 3.05) is 0 Å². The molecular weight excluding hydrogens is 434 g/mol. The topological polar surface area (TPSA) is 95.7 Å². The number of alkyl carbamates (subject to hydrolysis) is 1. The van der Waals surface area contributed by atoms with Crippen LogP contribution in [-0.2, 0) is 11.2 Å². The van der Waals surface area contributed by atoms with Gasteiger partial charge in [0.05, 0.1) is 34.7 Å². The summed E-state index contributed by atoms with van der Waals surface area (Å²) in [7, 11) is 0. The quantitative estimate of drug-likeness (QED) is 0.311. The first-order valence-corrected chi connectivity index (χ1v) is 11.8. The number of rotatable bonds is 6. The molecule has 3 aromatic heterocycles. The van der Waals surface area contributed by atoms with Crippen molar-refractivity contribution in [3.63, 3.8) is 0 Å². The summed E-state index contributed by atoms with van der Waals surface area (Å²) in [6.45, 7) is 9.47. The number of benzene rings is 1.